The summed E-state index contributed by atoms with van der Waals surface area (Å²) in [6.45, 7) is 0. The third-order valence-corrected chi connectivity index (χ3v) is 4.96. The number of hydrogen-bond donors (Lipinski definition) is 0. The highest BCUT2D eigenvalue weighted by Gasteiger charge is 2.69. The van der Waals surface area contributed by atoms with Crippen LogP contribution in [0.4, 0.5) is 0 Å². The van der Waals surface area contributed by atoms with E-state index in [1.807, 2.05) is 6.08 Å². The van der Waals surface area contributed by atoms with Crippen molar-refractivity contribution in [1.82, 2.24) is 0 Å². The summed E-state index contributed by atoms with van der Waals surface area (Å²) in [5, 5.41) is 0. The second kappa shape index (κ2) is 3.90. The molecule has 0 radical (unpaired) electrons. The number of methoxy groups -OCH3 is 4. The smallest absolute Gasteiger partial charge is 0.191 e. The first-order valence-corrected chi connectivity index (χ1v) is 6.27. The van der Waals surface area contributed by atoms with Crippen LogP contribution in [0.3, 0.4) is 0 Å². The van der Waals surface area contributed by atoms with Crippen LogP contribution in [-0.2, 0) is 18.9 Å². The van der Waals surface area contributed by atoms with Crippen LogP contribution in [0.2, 0.25) is 0 Å². The molecule has 0 aliphatic heterocycles. The summed E-state index contributed by atoms with van der Waals surface area (Å²) in [6, 6.07) is 0. The van der Waals surface area contributed by atoms with E-state index in [2.05, 4.69) is 18.2 Å². The van der Waals surface area contributed by atoms with Crippen molar-refractivity contribution in [3.05, 3.63) is 24.3 Å². The molecule has 3 aliphatic carbocycles. The minimum Gasteiger partial charge on any atom is -0.352 e. The summed E-state index contributed by atoms with van der Waals surface area (Å²) in [5.74, 6) is -0.287. The topological polar surface area (TPSA) is 36.9 Å². The lowest BCUT2D eigenvalue weighted by molar-refractivity contribution is -0.253. The quantitative estimate of drug-likeness (QED) is 0.562. The second-order valence-corrected chi connectivity index (χ2v) is 5.16. The lowest BCUT2D eigenvalue weighted by Crippen LogP contribution is -2.46. The zero-order valence-corrected chi connectivity index (χ0v) is 11.3. The van der Waals surface area contributed by atoms with Gasteiger partial charge in [-0.15, -0.1) is 0 Å². The van der Waals surface area contributed by atoms with Gasteiger partial charge >= 0.3 is 0 Å². The summed E-state index contributed by atoms with van der Waals surface area (Å²) in [5.41, 5.74) is 0. The first-order valence-electron chi connectivity index (χ1n) is 6.27. The van der Waals surface area contributed by atoms with E-state index in [-0.39, 0.29) is 17.8 Å². The predicted molar refractivity (Wildman–Crippen MR) is 65.7 cm³/mol. The van der Waals surface area contributed by atoms with Crippen molar-refractivity contribution in [3.63, 3.8) is 0 Å². The lowest BCUT2D eigenvalue weighted by atomic mass is 9.82. The maximum atomic E-state index is 5.72. The molecule has 2 bridgehead atoms. The molecular formula is C14H20O4. The van der Waals surface area contributed by atoms with Gasteiger partial charge in [0.2, 0.25) is 0 Å². The second-order valence-electron chi connectivity index (χ2n) is 5.16. The van der Waals surface area contributed by atoms with Crippen LogP contribution in [-0.4, -0.2) is 40.0 Å². The van der Waals surface area contributed by atoms with Crippen molar-refractivity contribution < 1.29 is 18.9 Å². The molecule has 100 valence electrons. The van der Waals surface area contributed by atoms with E-state index in [4.69, 9.17) is 18.9 Å². The monoisotopic (exact) mass is 252 g/mol. The Hall–Kier alpha value is -0.680. The maximum absolute atomic E-state index is 5.72. The molecule has 3 rings (SSSR count). The molecule has 0 heterocycles. The van der Waals surface area contributed by atoms with Crippen LogP contribution in [0.1, 0.15) is 0 Å². The minimum absolute atomic E-state index is 0.150. The van der Waals surface area contributed by atoms with Crippen molar-refractivity contribution in [2.45, 2.75) is 11.6 Å². The zero-order valence-electron chi connectivity index (χ0n) is 11.3. The number of ether oxygens (including phenoxy) is 4. The van der Waals surface area contributed by atoms with Crippen molar-refractivity contribution in [3.8, 4) is 0 Å². The van der Waals surface area contributed by atoms with Crippen LogP contribution in [0.25, 0.3) is 0 Å². The first kappa shape index (κ1) is 12.4. The van der Waals surface area contributed by atoms with Gasteiger partial charge in [0.05, 0.1) is 0 Å². The van der Waals surface area contributed by atoms with Crippen LogP contribution in [0.5, 0.6) is 0 Å². The highest BCUT2D eigenvalue weighted by molar-refractivity contribution is 5.33. The molecule has 0 spiro atoms. The van der Waals surface area contributed by atoms with Crippen LogP contribution in [0.15, 0.2) is 24.3 Å². The summed E-state index contributed by atoms with van der Waals surface area (Å²) < 4.78 is 22.7. The average Bonchev–Trinajstić information content (AvgIpc) is 3.05. The molecule has 0 saturated heterocycles. The van der Waals surface area contributed by atoms with Gasteiger partial charge in [-0.3, -0.25) is 0 Å². The summed E-state index contributed by atoms with van der Waals surface area (Å²) >= 11 is 0. The minimum atomic E-state index is -0.656. The Bertz CT molecular complexity index is 393. The van der Waals surface area contributed by atoms with Crippen LogP contribution >= 0.6 is 0 Å². The van der Waals surface area contributed by atoms with Gasteiger partial charge in [0.25, 0.3) is 0 Å². The zero-order chi connectivity index (χ0) is 13.0. The SMILES string of the molecule is COC1(OC)C=C[C@@H]2[C@H]1[C@@H]1C=C[C@@H]2C1(OC)OC. The molecule has 1 saturated carbocycles. The first-order chi connectivity index (χ1) is 8.69. The van der Waals surface area contributed by atoms with Gasteiger partial charge in [0, 0.05) is 46.2 Å². The number of allylic oxidation sites excluding steroid dienone is 1. The van der Waals surface area contributed by atoms with E-state index in [0.717, 1.165) is 0 Å². The van der Waals surface area contributed by atoms with Crippen molar-refractivity contribution in [1.29, 1.82) is 0 Å². The van der Waals surface area contributed by atoms with Crippen molar-refractivity contribution in [2.24, 2.45) is 23.7 Å². The Morgan fingerprint density at radius 2 is 1.39 bits per heavy atom. The fraction of sp³-hybridized carbons (Fsp3) is 0.714. The van der Waals surface area contributed by atoms with Crippen molar-refractivity contribution in [2.75, 3.05) is 28.4 Å². The van der Waals surface area contributed by atoms with E-state index in [1.165, 1.54) is 0 Å². The third kappa shape index (κ3) is 1.15. The third-order valence-electron chi connectivity index (χ3n) is 4.96. The fourth-order valence-electron chi connectivity index (χ4n) is 4.19. The molecule has 4 nitrogen and oxygen atoms in total. The summed E-state index contributed by atoms with van der Waals surface area (Å²) in [7, 11) is 6.80. The van der Waals surface area contributed by atoms with Crippen LogP contribution < -0.4 is 0 Å². The number of fused-ring (bicyclic) bond motifs is 5. The van der Waals surface area contributed by atoms with E-state index in [0.29, 0.717) is 5.92 Å². The molecule has 0 aromatic heterocycles. The molecule has 0 aromatic rings. The van der Waals surface area contributed by atoms with E-state index in [1.54, 1.807) is 28.4 Å². The lowest BCUT2D eigenvalue weighted by Gasteiger charge is -2.37. The fourth-order valence-corrected chi connectivity index (χ4v) is 4.19. The molecule has 0 amide bonds. The highest BCUT2D eigenvalue weighted by Crippen LogP contribution is 2.63. The van der Waals surface area contributed by atoms with E-state index < -0.39 is 11.6 Å². The van der Waals surface area contributed by atoms with Gasteiger partial charge in [0.1, 0.15) is 0 Å². The normalized spacial score (nSPS) is 41.6. The van der Waals surface area contributed by atoms with Gasteiger partial charge in [0.15, 0.2) is 11.6 Å². The Balaban J connectivity index is 2.04. The highest BCUT2D eigenvalue weighted by atomic mass is 16.7. The Kier molecular flexibility index (Phi) is 2.68. The van der Waals surface area contributed by atoms with Gasteiger partial charge < -0.3 is 18.9 Å². The number of rotatable bonds is 4. The standard InChI is InChI=1S/C14H20O4/c1-15-13(16-2)8-7-9-10-5-6-11(12(9)13)14(10,17-3)18-4/h5-12H,1-4H3/t9-,10-,11-,12-/m0/s1. The summed E-state index contributed by atoms with van der Waals surface area (Å²) in [4.78, 5) is 0. The molecule has 4 atom stereocenters. The van der Waals surface area contributed by atoms with Gasteiger partial charge in [-0.1, -0.05) is 18.2 Å². The van der Waals surface area contributed by atoms with E-state index >= 15 is 0 Å². The predicted octanol–water partition coefficient (Wildman–Crippen LogP) is 1.58. The molecule has 0 aromatic carbocycles. The molecule has 3 aliphatic rings. The maximum Gasteiger partial charge on any atom is 0.191 e. The average molecular weight is 252 g/mol. The molecule has 0 N–H and O–H groups in total. The van der Waals surface area contributed by atoms with Crippen LogP contribution in [0, 0.1) is 23.7 Å². The largest absolute Gasteiger partial charge is 0.352 e. The number of hydrogen-bond acceptors (Lipinski definition) is 4. The Morgan fingerprint density at radius 3 is 1.94 bits per heavy atom. The van der Waals surface area contributed by atoms with Gasteiger partial charge in [-0.05, 0) is 12.0 Å². The Morgan fingerprint density at radius 1 is 0.778 bits per heavy atom. The molecular weight excluding hydrogens is 232 g/mol. The van der Waals surface area contributed by atoms with Gasteiger partial charge in [-0.25, -0.2) is 0 Å². The van der Waals surface area contributed by atoms with Crippen molar-refractivity contribution >= 4 is 0 Å². The molecule has 4 heteroatoms. The Labute approximate surface area is 108 Å². The molecule has 1 fully saturated rings. The summed E-state index contributed by atoms with van der Waals surface area (Å²) in [6.07, 6.45) is 8.59. The molecule has 18 heavy (non-hydrogen) atoms. The van der Waals surface area contributed by atoms with Gasteiger partial charge in [-0.2, -0.15) is 0 Å². The van der Waals surface area contributed by atoms with E-state index in [9.17, 15) is 0 Å². The molecule has 0 unspecified atom stereocenters.